The molecule has 3 heteroatoms. The number of hydrogen-bond acceptors (Lipinski definition) is 3. The zero-order chi connectivity index (χ0) is 11.8. The molecule has 1 N–H and O–H groups in total. The van der Waals surface area contributed by atoms with Crippen molar-refractivity contribution in [3.8, 4) is 0 Å². The molecule has 0 heterocycles. The second-order valence-electron chi connectivity index (χ2n) is 4.87. The third-order valence-corrected chi connectivity index (χ3v) is 3.61. The van der Waals surface area contributed by atoms with Crippen LogP contribution in [0.25, 0.3) is 0 Å². The summed E-state index contributed by atoms with van der Waals surface area (Å²) in [6.07, 6.45) is 2.17. The summed E-state index contributed by atoms with van der Waals surface area (Å²) in [6, 6.07) is 1.28. The highest BCUT2D eigenvalue weighted by Gasteiger charge is 2.14. The van der Waals surface area contributed by atoms with Crippen LogP contribution in [0.4, 0.5) is 0 Å². The van der Waals surface area contributed by atoms with Gasteiger partial charge in [-0.05, 0) is 39.6 Å². The van der Waals surface area contributed by atoms with Crippen LogP contribution >= 0.6 is 11.8 Å². The second-order valence-corrected chi connectivity index (χ2v) is 5.78. The topological polar surface area (TPSA) is 15.3 Å². The Balaban J connectivity index is 3.72. The Morgan fingerprint density at radius 3 is 2.13 bits per heavy atom. The summed E-state index contributed by atoms with van der Waals surface area (Å²) in [5.74, 6) is 1.96. The number of nitrogens with zero attached hydrogens (tertiary/aromatic N) is 1. The average molecular weight is 232 g/mol. The van der Waals surface area contributed by atoms with E-state index in [4.69, 9.17) is 0 Å². The molecule has 0 amide bonds. The number of rotatable bonds is 8. The van der Waals surface area contributed by atoms with Gasteiger partial charge in [0.05, 0.1) is 0 Å². The van der Waals surface area contributed by atoms with Crippen LogP contribution in [-0.4, -0.2) is 49.1 Å². The smallest absolute Gasteiger partial charge is 0.0192 e. The molecule has 0 saturated heterocycles. The third kappa shape index (κ3) is 7.20. The SMILES string of the molecule is CSCC(C)N(C)C(C)CNCC(C)C. The summed E-state index contributed by atoms with van der Waals surface area (Å²) in [6.45, 7) is 11.3. The number of hydrogen-bond donors (Lipinski definition) is 1. The molecule has 0 aliphatic rings. The fourth-order valence-electron chi connectivity index (χ4n) is 1.52. The molecule has 0 aromatic heterocycles. The zero-order valence-electron chi connectivity index (χ0n) is 11.2. The van der Waals surface area contributed by atoms with E-state index < -0.39 is 0 Å². The molecule has 92 valence electrons. The lowest BCUT2D eigenvalue weighted by Crippen LogP contribution is -2.44. The Morgan fingerprint density at radius 1 is 1.07 bits per heavy atom. The largest absolute Gasteiger partial charge is 0.315 e. The van der Waals surface area contributed by atoms with E-state index in [9.17, 15) is 0 Å². The molecule has 0 aromatic rings. The number of thioether (sulfide) groups is 1. The standard InChI is InChI=1S/C12H28N2S/c1-10(2)7-13-8-11(3)14(5)12(4)9-15-6/h10-13H,7-9H2,1-6H3. The van der Waals surface area contributed by atoms with E-state index >= 15 is 0 Å². The summed E-state index contributed by atoms with van der Waals surface area (Å²) in [5.41, 5.74) is 0. The van der Waals surface area contributed by atoms with Crippen molar-refractivity contribution in [1.29, 1.82) is 0 Å². The highest BCUT2D eigenvalue weighted by Crippen LogP contribution is 2.07. The highest BCUT2D eigenvalue weighted by molar-refractivity contribution is 7.98. The van der Waals surface area contributed by atoms with Crippen molar-refractivity contribution < 1.29 is 0 Å². The first-order valence-electron chi connectivity index (χ1n) is 5.90. The van der Waals surface area contributed by atoms with Crippen molar-refractivity contribution in [2.75, 3.05) is 32.1 Å². The quantitative estimate of drug-likeness (QED) is 0.691. The van der Waals surface area contributed by atoms with Gasteiger partial charge < -0.3 is 5.32 Å². The first-order valence-corrected chi connectivity index (χ1v) is 7.30. The molecule has 0 saturated carbocycles. The Labute approximate surface area is 100 Å². The van der Waals surface area contributed by atoms with E-state index in [0.29, 0.717) is 12.1 Å². The van der Waals surface area contributed by atoms with Crippen LogP contribution in [0.3, 0.4) is 0 Å². The van der Waals surface area contributed by atoms with Crippen LogP contribution in [0, 0.1) is 5.92 Å². The van der Waals surface area contributed by atoms with Crippen LogP contribution < -0.4 is 5.32 Å². The summed E-state index contributed by atoms with van der Waals surface area (Å²) >= 11 is 1.92. The average Bonchev–Trinajstić information content (AvgIpc) is 2.16. The monoisotopic (exact) mass is 232 g/mol. The van der Waals surface area contributed by atoms with Crippen LogP contribution in [0.15, 0.2) is 0 Å². The van der Waals surface area contributed by atoms with Gasteiger partial charge >= 0.3 is 0 Å². The van der Waals surface area contributed by atoms with E-state index in [-0.39, 0.29) is 0 Å². The van der Waals surface area contributed by atoms with Gasteiger partial charge in [0.25, 0.3) is 0 Å². The molecule has 2 atom stereocenters. The Hall–Kier alpha value is 0.270. The molecule has 0 aliphatic carbocycles. The predicted octanol–water partition coefficient (Wildman–Crippen LogP) is 2.30. The lowest BCUT2D eigenvalue weighted by atomic mass is 10.2. The first-order chi connectivity index (χ1) is 6.99. The molecule has 2 nitrogen and oxygen atoms in total. The van der Waals surface area contributed by atoms with Gasteiger partial charge in [-0.3, -0.25) is 4.90 Å². The fraction of sp³-hybridized carbons (Fsp3) is 1.00. The summed E-state index contributed by atoms with van der Waals surface area (Å²) < 4.78 is 0. The van der Waals surface area contributed by atoms with Crippen LogP contribution in [0.2, 0.25) is 0 Å². The van der Waals surface area contributed by atoms with Crippen LogP contribution in [0.5, 0.6) is 0 Å². The Morgan fingerprint density at radius 2 is 1.67 bits per heavy atom. The van der Waals surface area contributed by atoms with Gasteiger partial charge in [-0.15, -0.1) is 0 Å². The van der Waals surface area contributed by atoms with Crippen molar-refractivity contribution in [3.63, 3.8) is 0 Å². The summed E-state index contributed by atoms with van der Waals surface area (Å²) in [7, 11) is 2.22. The zero-order valence-corrected chi connectivity index (χ0v) is 12.0. The van der Waals surface area contributed by atoms with E-state index in [1.54, 1.807) is 0 Å². The van der Waals surface area contributed by atoms with Crippen molar-refractivity contribution in [2.45, 2.75) is 39.8 Å². The van der Waals surface area contributed by atoms with Gasteiger partial charge in [0.1, 0.15) is 0 Å². The maximum Gasteiger partial charge on any atom is 0.0192 e. The maximum atomic E-state index is 3.51. The van der Waals surface area contributed by atoms with Crippen molar-refractivity contribution in [2.24, 2.45) is 5.92 Å². The lowest BCUT2D eigenvalue weighted by molar-refractivity contribution is 0.206. The molecule has 0 aliphatic heterocycles. The Kier molecular flexibility index (Phi) is 8.58. The van der Waals surface area contributed by atoms with Crippen LogP contribution in [-0.2, 0) is 0 Å². The normalized spacial score (nSPS) is 16.0. The molecule has 0 bridgehead atoms. The third-order valence-electron chi connectivity index (χ3n) is 2.79. The van der Waals surface area contributed by atoms with E-state index in [1.165, 1.54) is 5.75 Å². The van der Waals surface area contributed by atoms with Crippen LogP contribution in [0.1, 0.15) is 27.7 Å². The molecule has 0 rings (SSSR count). The maximum absolute atomic E-state index is 3.51. The van der Waals surface area contributed by atoms with Gasteiger partial charge in [-0.25, -0.2) is 0 Å². The molecule has 0 spiro atoms. The van der Waals surface area contributed by atoms with Gasteiger partial charge in [-0.1, -0.05) is 13.8 Å². The van der Waals surface area contributed by atoms with Crippen molar-refractivity contribution in [1.82, 2.24) is 10.2 Å². The highest BCUT2D eigenvalue weighted by atomic mass is 32.2. The molecule has 15 heavy (non-hydrogen) atoms. The van der Waals surface area contributed by atoms with Gasteiger partial charge in [0.15, 0.2) is 0 Å². The second kappa shape index (κ2) is 8.43. The summed E-state index contributed by atoms with van der Waals surface area (Å²) in [5, 5.41) is 3.51. The van der Waals surface area contributed by atoms with E-state index in [0.717, 1.165) is 19.0 Å². The molecular weight excluding hydrogens is 204 g/mol. The van der Waals surface area contributed by atoms with E-state index in [1.807, 2.05) is 11.8 Å². The molecule has 0 aromatic carbocycles. The van der Waals surface area contributed by atoms with E-state index in [2.05, 4.69) is 51.2 Å². The number of likely N-dealkylation sites (N-methyl/N-ethyl adjacent to an activating group) is 1. The molecular formula is C12H28N2S. The molecule has 2 unspecified atom stereocenters. The summed E-state index contributed by atoms with van der Waals surface area (Å²) in [4.78, 5) is 2.46. The van der Waals surface area contributed by atoms with Gasteiger partial charge in [0.2, 0.25) is 0 Å². The number of nitrogens with one attached hydrogen (secondary N) is 1. The molecule has 0 radical (unpaired) electrons. The minimum atomic E-state index is 0.617. The molecule has 0 fully saturated rings. The predicted molar refractivity (Wildman–Crippen MR) is 72.8 cm³/mol. The van der Waals surface area contributed by atoms with Crippen molar-refractivity contribution >= 4 is 11.8 Å². The van der Waals surface area contributed by atoms with Gasteiger partial charge in [-0.2, -0.15) is 11.8 Å². The van der Waals surface area contributed by atoms with Gasteiger partial charge in [0, 0.05) is 24.4 Å². The minimum Gasteiger partial charge on any atom is -0.315 e. The minimum absolute atomic E-state index is 0.617. The fourth-order valence-corrected chi connectivity index (χ4v) is 2.24. The van der Waals surface area contributed by atoms with Crippen molar-refractivity contribution in [3.05, 3.63) is 0 Å². The first kappa shape index (κ1) is 15.3. The Bertz CT molecular complexity index is 151. The lowest BCUT2D eigenvalue weighted by Gasteiger charge is -2.30.